The van der Waals surface area contributed by atoms with Crippen molar-refractivity contribution in [3.8, 4) is 0 Å². The van der Waals surface area contributed by atoms with Crippen molar-refractivity contribution < 1.29 is 18.0 Å². The van der Waals surface area contributed by atoms with Gasteiger partial charge in [0.25, 0.3) is 0 Å². The van der Waals surface area contributed by atoms with Gasteiger partial charge in [0.05, 0.1) is 11.1 Å². The van der Waals surface area contributed by atoms with Gasteiger partial charge in [-0.3, -0.25) is 4.79 Å². The van der Waals surface area contributed by atoms with Gasteiger partial charge >= 0.3 is 6.18 Å². The van der Waals surface area contributed by atoms with E-state index in [9.17, 15) is 18.0 Å². The van der Waals surface area contributed by atoms with Gasteiger partial charge in [-0.2, -0.15) is 13.2 Å². The number of carbonyl (C=O) groups is 1. The Hall–Kier alpha value is -3.42. The molecule has 0 aliphatic heterocycles. The fourth-order valence-corrected chi connectivity index (χ4v) is 4.94. The Morgan fingerprint density at radius 2 is 1.81 bits per heavy atom. The summed E-state index contributed by atoms with van der Waals surface area (Å²) in [5.41, 5.74) is 0.593. The number of benzene rings is 2. The Labute approximate surface area is 215 Å². The van der Waals surface area contributed by atoms with Crippen molar-refractivity contribution in [1.29, 1.82) is 0 Å². The first-order chi connectivity index (χ1) is 17.7. The van der Waals surface area contributed by atoms with Crippen LogP contribution in [0.5, 0.6) is 0 Å². The normalized spacial score (nSPS) is 18.3. The molecule has 1 amide bonds. The van der Waals surface area contributed by atoms with E-state index in [1.807, 2.05) is 43.3 Å². The van der Waals surface area contributed by atoms with Crippen LogP contribution >= 0.6 is 0 Å². The number of nitrogens with one attached hydrogen (secondary N) is 1. The van der Waals surface area contributed by atoms with Crippen LogP contribution in [-0.2, 0) is 17.4 Å². The Kier molecular flexibility index (Phi) is 8.46. The fourth-order valence-electron chi connectivity index (χ4n) is 4.94. The number of nitrogens with zero attached hydrogens (tertiary/aromatic N) is 3. The van der Waals surface area contributed by atoms with Crippen molar-refractivity contribution in [1.82, 2.24) is 15.3 Å². The van der Waals surface area contributed by atoms with E-state index in [4.69, 9.17) is 9.97 Å². The lowest BCUT2D eigenvalue weighted by atomic mass is 9.83. The van der Waals surface area contributed by atoms with E-state index in [-0.39, 0.29) is 11.9 Å². The first-order valence-corrected chi connectivity index (χ1v) is 12.8. The molecule has 8 heteroatoms. The standard InChI is InChI=1S/C29H33F3N4O/c1-36(2)28-24-10-3-4-11-25(24)34-26(35-28)12-6-7-20-13-16-23(17-14-20)33-27(37)18-15-21-8-5-9-22(19-21)29(30,31)32/h3-5,8-11,15,18-20,23H,6-7,12-14,16-17H2,1-2H3,(H,33,37)/b18-15+. The van der Waals surface area contributed by atoms with Crippen molar-refractivity contribution in [2.24, 2.45) is 5.92 Å². The number of anilines is 1. The summed E-state index contributed by atoms with van der Waals surface area (Å²) in [6, 6.07) is 13.1. The maximum Gasteiger partial charge on any atom is 0.416 e. The van der Waals surface area contributed by atoms with Crippen molar-refractivity contribution in [2.75, 3.05) is 19.0 Å². The minimum atomic E-state index is -4.40. The summed E-state index contributed by atoms with van der Waals surface area (Å²) in [5, 5.41) is 4.05. The molecule has 1 N–H and O–H groups in total. The second kappa shape index (κ2) is 11.8. The highest BCUT2D eigenvalue weighted by molar-refractivity contribution is 5.92. The Balaban J connectivity index is 1.22. The van der Waals surface area contributed by atoms with Crippen LogP contribution < -0.4 is 10.2 Å². The molecule has 1 saturated carbocycles. The molecule has 1 aliphatic rings. The van der Waals surface area contributed by atoms with E-state index in [0.29, 0.717) is 11.5 Å². The van der Waals surface area contributed by atoms with Crippen molar-refractivity contribution in [3.63, 3.8) is 0 Å². The van der Waals surface area contributed by atoms with E-state index in [1.165, 1.54) is 18.2 Å². The molecule has 4 rings (SSSR count). The van der Waals surface area contributed by atoms with Crippen molar-refractivity contribution in [2.45, 2.75) is 57.2 Å². The van der Waals surface area contributed by atoms with Crippen LogP contribution in [0.1, 0.15) is 55.5 Å². The zero-order valence-corrected chi connectivity index (χ0v) is 21.3. The number of alkyl halides is 3. The third-order valence-electron chi connectivity index (χ3n) is 6.90. The lowest BCUT2D eigenvalue weighted by molar-refractivity contribution is -0.137. The third-order valence-corrected chi connectivity index (χ3v) is 6.90. The van der Waals surface area contributed by atoms with Gasteiger partial charge in [-0.05, 0) is 73.9 Å². The molecule has 1 aromatic heterocycles. The topological polar surface area (TPSA) is 58.1 Å². The maximum absolute atomic E-state index is 12.9. The maximum atomic E-state index is 12.9. The van der Waals surface area contributed by atoms with Gasteiger partial charge in [0.15, 0.2) is 0 Å². The van der Waals surface area contributed by atoms with E-state index in [0.717, 1.165) is 79.6 Å². The number of amides is 1. The third kappa shape index (κ3) is 7.31. The van der Waals surface area contributed by atoms with Crippen LogP contribution in [0.2, 0.25) is 0 Å². The monoisotopic (exact) mass is 510 g/mol. The second-order valence-corrected chi connectivity index (χ2v) is 9.95. The van der Waals surface area contributed by atoms with Gasteiger partial charge in [0.1, 0.15) is 11.6 Å². The predicted octanol–water partition coefficient (Wildman–Crippen LogP) is 6.43. The largest absolute Gasteiger partial charge is 0.416 e. The van der Waals surface area contributed by atoms with E-state index in [1.54, 1.807) is 6.07 Å². The molecular formula is C29H33F3N4O. The van der Waals surface area contributed by atoms with Crippen LogP contribution in [0, 0.1) is 5.92 Å². The molecule has 2 aromatic carbocycles. The highest BCUT2D eigenvalue weighted by atomic mass is 19.4. The molecule has 37 heavy (non-hydrogen) atoms. The molecule has 1 aliphatic carbocycles. The number of halogens is 3. The molecular weight excluding hydrogens is 477 g/mol. The summed E-state index contributed by atoms with van der Waals surface area (Å²) in [5.74, 6) is 2.16. The first kappa shape index (κ1) is 26.6. The van der Waals surface area contributed by atoms with Gasteiger partial charge in [0, 0.05) is 38.0 Å². The number of hydrogen-bond donors (Lipinski definition) is 1. The summed E-state index contributed by atoms with van der Waals surface area (Å²) in [7, 11) is 3.99. The lowest BCUT2D eigenvalue weighted by Crippen LogP contribution is -2.36. The zero-order valence-electron chi connectivity index (χ0n) is 21.3. The fraction of sp³-hybridized carbons (Fsp3) is 0.414. The number of carbonyl (C=O) groups excluding carboxylic acids is 1. The summed E-state index contributed by atoms with van der Waals surface area (Å²) in [6.07, 6.45) is 5.20. The van der Waals surface area contributed by atoms with Crippen molar-refractivity contribution in [3.05, 3.63) is 71.6 Å². The smallest absolute Gasteiger partial charge is 0.362 e. The zero-order chi connectivity index (χ0) is 26.4. The minimum absolute atomic E-state index is 0.0985. The SMILES string of the molecule is CN(C)c1nc(CCCC2CCC(NC(=O)/C=C/c3cccc(C(F)(F)F)c3)CC2)nc2ccccc12. The molecule has 1 heterocycles. The van der Waals surface area contributed by atoms with E-state index < -0.39 is 11.7 Å². The first-order valence-electron chi connectivity index (χ1n) is 12.8. The number of aryl methyl sites for hydroxylation is 1. The lowest BCUT2D eigenvalue weighted by Gasteiger charge is -2.28. The average molecular weight is 511 g/mol. The summed E-state index contributed by atoms with van der Waals surface area (Å²) >= 11 is 0. The number of aromatic nitrogens is 2. The van der Waals surface area contributed by atoms with Gasteiger partial charge in [0.2, 0.25) is 5.91 Å². The quantitative estimate of drug-likeness (QED) is 0.355. The molecule has 196 valence electrons. The highest BCUT2D eigenvalue weighted by Gasteiger charge is 2.30. The number of hydrogen-bond acceptors (Lipinski definition) is 4. The van der Waals surface area contributed by atoms with Gasteiger partial charge < -0.3 is 10.2 Å². The number of rotatable bonds is 8. The summed E-state index contributed by atoms with van der Waals surface area (Å²) in [4.78, 5) is 23.9. The van der Waals surface area contributed by atoms with Gasteiger partial charge in [-0.25, -0.2) is 9.97 Å². The molecule has 0 radical (unpaired) electrons. The molecule has 1 fully saturated rings. The predicted molar refractivity (Wildman–Crippen MR) is 141 cm³/mol. The average Bonchev–Trinajstić information content (AvgIpc) is 2.87. The van der Waals surface area contributed by atoms with Crippen LogP contribution in [0.15, 0.2) is 54.6 Å². The summed E-state index contributed by atoms with van der Waals surface area (Å²) < 4.78 is 38.6. The van der Waals surface area contributed by atoms with Crippen LogP contribution in [0.4, 0.5) is 19.0 Å². The Morgan fingerprint density at radius 1 is 1.05 bits per heavy atom. The van der Waals surface area contributed by atoms with Crippen LogP contribution in [0.3, 0.4) is 0 Å². The molecule has 3 aromatic rings. The second-order valence-electron chi connectivity index (χ2n) is 9.95. The molecule has 0 spiro atoms. The molecule has 0 bridgehead atoms. The van der Waals surface area contributed by atoms with Crippen molar-refractivity contribution >= 4 is 28.7 Å². The number of fused-ring (bicyclic) bond motifs is 1. The van der Waals surface area contributed by atoms with E-state index >= 15 is 0 Å². The Bertz CT molecular complexity index is 1250. The molecule has 0 atom stereocenters. The molecule has 5 nitrogen and oxygen atoms in total. The minimum Gasteiger partial charge on any atom is -0.362 e. The highest BCUT2D eigenvalue weighted by Crippen LogP contribution is 2.30. The van der Waals surface area contributed by atoms with Gasteiger partial charge in [-0.1, -0.05) is 30.7 Å². The number of para-hydroxylation sites is 1. The molecule has 0 unspecified atom stereocenters. The van der Waals surface area contributed by atoms with Crippen LogP contribution in [0.25, 0.3) is 17.0 Å². The van der Waals surface area contributed by atoms with E-state index in [2.05, 4.69) is 5.32 Å². The molecule has 0 saturated heterocycles. The van der Waals surface area contributed by atoms with Crippen LogP contribution in [-0.4, -0.2) is 36.0 Å². The Morgan fingerprint density at radius 3 is 2.54 bits per heavy atom. The summed E-state index contributed by atoms with van der Waals surface area (Å²) in [6.45, 7) is 0. The van der Waals surface area contributed by atoms with Gasteiger partial charge in [-0.15, -0.1) is 0 Å².